The average Bonchev–Trinajstić information content (AvgIpc) is 2.74. The van der Waals surface area contributed by atoms with Crippen LogP contribution in [0, 0.1) is 5.92 Å². The Balaban J connectivity index is 1.38. The van der Waals surface area contributed by atoms with E-state index >= 15 is 0 Å². The first-order valence-corrected chi connectivity index (χ1v) is 13.2. The molecule has 2 heterocycles. The molecule has 1 aromatic carbocycles. The third kappa shape index (κ3) is 7.30. The molecule has 3 rings (SSSR count). The molecular formula is C21H32Cl2N4O3S. The zero-order valence-corrected chi connectivity index (χ0v) is 20.4. The topological polar surface area (TPSA) is 73.0 Å². The van der Waals surface area contributed by atoms with Gasteiger partial charge in [-0.15, -0.1) is 0 Å². The van der Waals surface area contributed by atoms with Crippen molar-refractivity contribution in [3.05, 3.63) is 33.8 Å². The number of nitrogens with one attached hydrogen (secondary N) is 1. The predicted octanol–water partition coefficient (Wildman–Crippen LogP) is 2.29. The summed E-state index contributed by atoms with van der Waals surface area (Å²) in [4.78, 5) is 17.2. The Morgan fingerprint density at radius 3 is 2.42 bits per heavy atom. The van der Waals surface area contributed by atoms with Gasteiger partial charge >= 0.3 is 0 Å². The summed E-state index contributed by atoms with van der Waals surface area (Å²) in [6, 6.07) is 4.83. The van der Waals surface area contributed by atoms with E-state index < -0.39 is 10.0 Å². The highest BCUT2D eigenvalue weighted by molar-refractivity contribution is 7.88. The first-order chi connectivity index (χ1) is 14.7. The summed E-state index contributed by atoms with van der Waals surface area (Å²) in [5, 5.41) is 3.86. The molecule has 0 spiro atoms. The Bertz CT molecular complexity index is 852. The Morgan fingerprint density at radius 1 is 1.10 bits per heavy atom. The van der Waals surface area contributed by atoms with Gasteiger partial charge in [0.05, 0.1) is 5.75 Å². The molecule has 1 N–H and O–H groups in total. The van der Waals surface area contributed by atoms with Gasteiger partial charge in [0, 0.05) is 61.8 Å². The number of likely N-dealkylation sites (N-methyl/N-ethyl adjacent to an activating group) is 1. The van der Waals surface area contributed by atoms with Crippen molar-refractivity contribution in [2.45, 2.75) is 25.0 Å². The third-order valence-corrected chi connectivity index (χ3v) is 8.53. The highest BCUT2D eigenvalue weighted by Crippen LogP contribution is 2.26. The molecule has 0 aliphatic carbocycles. The zero-order chi connectivity index (χ0) is 22.4. The Hall–Kier alpha value is -0.900. The van der Waals surface area contributed by atoms with Gasteiger partial charge in [0.15, 0.2) is 0 Å². The van der Waals surface area contributed by atoms with Crippen LogP contribution in [0.3, 0.4) is 0 Å². The van der Waals surface area contributed by atoms with E-state index in [4.69, 9.17) is 23.2 Å². The van der Waals surface area contributed by atoms with Gasteiger partial charge in [0.1, 0.15) is 0 Å². The summed E-state index contributed by atoms with van der Waals surface area (Å²) in [6.07, 6.45) is 2.01. The SMILES string of the molecule is CN1CCN(CCCNC(=O)C2CCN(S(=O)(=O)Cc3ccc(Cl)cc3Cl)CC2)CC1. The largest absolute Gasteiger partial charge is 0.356 e. The van der Waals surface area contributed by atoms with E-state index in [1.165, 1.54) is 4.31 Å². The first-order valence-electron chi connectivity index (χ1n) is 10.8. The number of hydrogen-bond acceptors (Lipinski definition) is 5. The van der Waals surface area contributed by atoms with E-state index in [1.54, 1.807) is 18.2 Å². The van der Waals surface area contributed by atoms with Crippen LogP contribution in [0.1, 0.15) is 24.8 Å². The van der Waals surface area contributed by atoms with Crippen molar-refractivity contribution in [3.8, 4) is 0 Å². The number of amides is 1. The van der Waals surface area contributed by atoms with Gasteiger partial charge in [-0.3, -0.25) is 4.79 Å². The fourth-order valence-electron chi connectivity index (χ4n) is 4.05. The van der Waals surface area contributed by atoms with E-state index in [1.807, 2.05) is 0 Å². The number of benzene rings is 1. The molecule has 2 saturated heterocycles. The molecule has 10 heteroatoms. The normalized spacial score (nSPS) is 20.1. The molecule has 0 aromatic heterocycles. The average molecular weight is 491 g/mol. The van der Waals surface area contributed by atoms with Crippen LogP contribution in [0.15, 0.2) is 18.2 Å². The number of rotatable bonds is 8. The third-order valence-electron chi connectivity index (χ3n) is 6.12. The van der Waals surface area contributed by atoms with Gasteiger partial charge in [-0.25, -0.2) is 12.7 Å². The molecule has 0 radical (unpaired) electrons. The van der Waals surface area contributed by atoms with Gasteiger partial charge in [0.25, 0.3) is 0 Å². The van der Waals surface area contributed by atoms with Crippen LogP contribution in [0.4, 0.5) is 0 Å². The number of hydrogen-bond donors (Lipinski definition) is 1. The van der Waals surface area contributed by atoms with Gasteiger partial charge in [0.2, 0.25) is 15.9 Å². The van der Waals surface area contributed by atoms with Crippen molar-refractivity contribution in [3.63, 3.8) is 0 Å². The molecule has 7 nitrogen and oxygen atoms in total. The van der Waals surface area contributed by atoms with Crippen LogP contribution in [-0.4, -0.2) is 87.8 Å². The second-order valence-corrected chi connectivity index (χ2v) is 11.3. The Morgan fingerprint density at radius 2 is 1.77 bits per heavy atom. The molecule has 2 fully saturated rings. The lowest BCUT2D eigenvalue weighted by molar-refractivity contribution is -0.126. The zero-order valence-electron chi connectivity index (χ0n) is 18.0. The predicted molar refractivity (Wildman–Crippen MR) is 125 cm³/mol. The molecule has 0 unspecified atom stereocenters. The summed E-state index contributed by atoms with van der Waals surface area (Å²) < 4.78 is 27.0. The van der Waals surface area contributed by atoms with Gasteiger partial charge in [-0.2, -0.15) is 0 Å². The summed E-state index contributed by atoms with van der Waals surface area (Å²) in [5.41, 5.74) is 0.534. The van der Waals surface area contributed by atoms with Gasteiger partial charge in [-0.1, -0.05) is 29.3 Å². The van der Waals surface area contributed by atoms with Gasteiger partial charge in [-0.05, 0) is 50.6 Å². The van der Waals surface area contributed by atoms with Crippen molar-refractivity contribution in [2.75, 3.05) is 59.4 Å². The molecule has 1 aromatic rings. The number of piperidine rings is 1. The summed E-state index contributed by atoms with van der Waals surface area (Å²) in [6.45, 7) is 6.73. The number of nitrogens with zero attached hydrogens (tertiary/aromatic N) is 3. The van der Waals surface area contributed by atoms with Crippen LogP contribution in [0.2, 0.25) is 10.0 Å². The van der Waals surface area contributed by atoms with Crippen LogP contribution in [-0.2, 0) is 20.6 Å². The lowest BCUT2D eigenvalue weighted by Gasteiger charge is -2.32. The van der Waals surface area contributed by atoms with Crippen LogP contribution in [0.5, 0.6) is 0 Å². The minimum atomic E-state index is -3.49. The molecule has 0 saturated carbocycles. The van der Waals surface area contributed by atoms with Crippen LogP contribution in [0.25, 0.3) is 0 Å². The summed E-state index contributed by atoms with van der Waals surface area (Å²) in [7, 11) is -1.35. The monoisotopic (exact) mass is 490 g/mol. The highest BCUT2D eigenvalue weighted by Gasteiger charge is 2.31. The Labute approximate surface area is 195 Å². The highest BCUT2D eigenvalue weighted by atomic mass is 35.5. The number of carbonyl (C=O) groups is 1. The van der Waals surface area contributed by atoms with Gasteiger partial charge < -0.3 is 15.1 Å². The van der Waals surface area contributed by atoms with E-state index in [-0.39, 0.29) is 17.6 Å². The van der Waals surface area contributed by atoms with Crippen molar-refractivity contribution >= 4 is 39.1 Å². The molecule has 2 aliphatic heterocycles. The van der Waals surface area contributed by atoms with Crippen molar-refractivity contribution in [1.82, 2.24) is 19.4 Å². The van der Waals surface area contributed by atoms with E-state index in [0.29, 0.717) is 48.1 Å². The fourth-order valence-corrected chi connectivity index (χ4v) is 6.20. The molecule has 2 aliphatic rings. The van der Waals surface area contributed by atoms with E-state index in [2.05, 4.69) is 22.2 Å². The molecule has 0 bridgehead atoms. The number of carbonyl (C=O) groups excluding carboxylic acids is 1. The standard InChI is InChI=1S/C21H32Cl2N4O3S/c1-25-11-13-26(14-12-25)8-2-7-24-21(28)17-5-9-27(10-6-17)31(29,30)16-18-3-4-19(22)15-20(18)23/h3-4,15,17H,2,5-14,16H2,1H3,(H,24,28). The van der Waals surface area contributed by atoms with E-state index in [9.17, 15) is 13.2 Å². The second-order valence-electron chi connectivity index (χ2n) is 8.45. The maximum Gasteiger partial charge on any atom is 0.223 e. The quantitative estimate of drug-likeness (QED) is 0.565. The lowest BCUT2D eigenvalue weighted by atomic mass is 9.97. The fraction of sp³-hybridized carbons (Fsp3) is 0.667. The summed E-state index contributed by atoms with van der Waals surface area (Å²) in [5.74, 6) is -0.253. The second kappa shape index (κ2) is 11.3. The van der Waals surface area contributed by atoms with Crippen LogP contribution < -0.4 is 5.32 Å². The van der Waals surface area contributed by atoms with Crippen molar-refractivity contribution in [2.24, 2.45) is 5.92 Å². The Kier molecular flexibility index (Phi) is 9.01. The molecule has 0 atom stereocenters. The molecule has 174 valence electrons. The van der Waals surface area contributed by atoms with Crippen molar-refractivity contribution < 1.29 is 13.2 Å². The number of halogens is 2. The van der Waals surface area contributed by atoms with Crippen LogP contribution >= 0.6 is 23.2 Å². The lowest BCUT2D eigenvalue weighted by Crippen LogP contribution is -2.45. The van der Waals surface area contributed by atoms with Crippen molar-refractivity contribution in [1.29, 1.82) is 0 Å². The molecular weight excluding hydrogens is 459 g/mol. The number of sulfonamides is 1. The molecule has 1 amide bonds. The maximum absolute atomic E-state index is 12.8. The maximum atomic E-state index is 12.8. The minimum Gasteiger partial charge on any atom is -0.356 e. The smallest absolute Gasteiger partial charge is 0.223 e. The molecule has 31 heavy (non-hydrogen) atoms. The summed E-state index contributed by atoms with van der Waals surface area (Å²) >= 11 is 12.0. The minimum absolute atomic E-state index is 0.0381. The first kappa shape index (κ1) is 24.7. The number of piperazine rings is 1. The van der Waals surface area contributed by atoms with E-state index in [0.717, 1.165) is 39.1 Å².